The predicted molar refractivity (Wildman–Crippen MR) is 91.5 cm³/mol. The van der Waals surface area contributed by atoms with Crippen molar-refractivity contribution in [1.29, 1.82) is 0 Å². The SMILES string of the molecule is CCC(C)CN1CC(CC)(CC)NCC1c1ccccc1. The molecule has 2 nitrogen and oxygen atoms in total. The molecule has 1 fully saturated rings. The first-order valence-corrected chi connectivity index (χ1v) is 8.68. The lowest BCUT2D eigenvalue weighted by molar-refractivity contribution is 0.0601. The lowest BCUT2D eigenvalue weighted by Crippen LogP contribution is -2.61. The topological polar surface area (TPSA) is 15.3 Å². The Bertz CT molecular complexity index is 411. The number of hydrogen-bond donors (Lipinski definition) is 1. The molecule has 0 saturated carbocycles. The molecule has 0 aliphatic carbocycles. The Kier molecular flexibility index (Phi) is 5.83. The molecule has 0 aromatic heterocycles. The molecule has 1 saturated heterocycles. The van der Waals surface area contributed by atoms with Crippen LogP contribution in [0.25, 0.3) is 0 Å². The summed E-state index contributed by atoms with van der Waals surface area (Å²) in [6.45, 7) is 12.8. The highest BCUT2D eigenvalue weighted by Crippen LogP contribution is 2.31. The first-order chi connectivity index (χ1) is 10.1. The summed E-state index contributed by atoms with van der Waals surface area (Å²) in [6.07, 6.45) is 3.68. The Labute approximate surface area is 130 Å². The Morgan fingerprint density at radius 2 is 1.86 bits per heavy atom. The zero-order chi connectivity index (χ0) is 15.3. The highest BCUT2D eigenvalue weighted by Gasteiger charge is 2.37. The van der Waals surface area contributed by atoms with E-state index in [9.17, 15) is 0 Å². The van der Waals surface area contributed by atoms with E-state index < -0.39 is 0 Å². The summed E-state index contributed by atoms with van der Waals surface area (Å²) in [5.74, 6) is 0.765. The van der Waals surface area contributed by atoms with Gasteiger partial charge >= 0.3 is 0 Å². The second kappa shape index (κ2) is 7.42. The summed E-state index contributed by atoms with van der Waals surface area (Å²) < 4.78 is 0. The van der Waals surface area contributed by atoms with Gasteiger partial charge in [0, 0.05) is 31.2 Å². The molecule has 0 amide bonds. The van der Waals surface area contributed by atoms with Gasteiger partial charge in [-0.05, 0) is 24.3 Å². The van der Waals surface area contributed by atoms with Crippen LogP contribution in [0.3, 0.4) is 0 Å². The van der Waals surface area contributed by atoms with Crippen LogP contribution in [0.5, 0.6) is 0 Å². The van der Waals surface area contributed by atoms with Crippen molar-refractivity contribution in [2.75, 3.05) is 19.6 Å². The zero-order valence-corrected chi connectivity index (χ0v) is 14.2. The maximum Gasteiger partial charge on any atom is 0.0473 e. The van der Waals surface area contributed by atoms with Crippen LogP contribution >= 0.6 is 0 Å². The average Bonchev–Trinajstić information content (AvgIpc) is 2.55. The third-order valence-electron chi connectivity index (χ3n) is 5.40. The minimum Gasteiger partial charge on any atom is -0.308 e. The predicted octanol–water partition coefficient (Wildman–Crippen LogP) is 4.24. The summed E-state index contributed by atoms with van der Waals surface area (Å²) in [4.78, 5) is 2.73. The smallest absolute Gasteiger partial charge is 0.0473 e. The molecule has 0 spiro atoms. The Balaban J connectivity index is 2.19. The van der Waals surface area contributed by atoms with Gasteiger partial charge in [-0.15, -0.1) is 0 Å². The highest BCUT2D eigenvalue weighted by atomic mass is 15.3. The molecule has 21 heavy (non-hydrogen) atoms. The highest BCUT2D eigenvalue weighted by molar-refractivity contribution is 5.21. The Morgan fingerprint density at radius 1 is 1.19 bits per heavy atom. The van der Waals surface area contributed by atoms with Crippen LogP contribution < -0.4 is 5.32 Å². The molecular weight excluding hydrogens is 256 g/mol. The molecule has 1 aliphatic heterocycles. The van der Waals surface area contributed by atoms with Crippen LogP contribution in [0.4, 0.5) is 0 Å². The van der Waals surface area contributed by atoms with Gasteiger partial charge in [-0.3, -0.25) is 4.90 Å². The fraction of sp³-hybridized carbons (Fsp3) is 0.684. The molecule has 118 valence electrons. The molecule has 2 rings (SSSR count). The minimum atomic E-state index is 0.304. The first-order valence-electron chi connectivity index (χ1n) is 8.68. The van der Waals surface area contributed by atoms with E-state index >= 15 is 0 Å². The minimum absolute atomic E-state index is 0.304. The standard InChI is InChI=1S/C19H32N2/c1-5-16(4)14-21-15-19(6-2,7-3)20-13-18(21)17-11-9-8-10-12-17/h8-12,16,18,20H,5-7,13-15H2,1-4H3. The van der Waals surface area contributed by atoms with Crippen molar-refractivity contribution in [1.82, 2.24) is 10.2 Å². The molecule has 0 radical (unpaired) electrons. The van der Waals surface area contributed by atoms with E-state index in [0.717, 1.165) is 12.5 Å². The van der Waals surface area contributed by atoms with E-state index in [2.05, 4.69) is 68.2 Å². The van der Waals surface area contributed by atoms with Gasteiger partial charge in [-0.1, -0.05) is 64.4 Å². The van der Waals surface area contributed by atoms with Crippen LogP contribution in [0.15, 0.2) is 30.3 Å². The lowest BCUT2D eigenvalue weighted by atomic mass is 9.86. The Hall–Kier alpha value is -0.860. The van der Waals surface area contributed by atoms with E-state index in [1.807, 2.05) is 0 Å². The molecule has 2 atom stereocenters. The Morgan fingerprint density at radius 3 is 2.43 bits per heavy atom. The molecule has 1 aromatic rings. The van der Waals surface area contributed by atoms with Crippen LogP contribution in [0.1, 0.15) is 58.6 Å². The van der Waals surface area contributed by atoms with Crippen molar-refractivity contribution in [3.05, 3.63) is 35.9 Å². The van der Waals surface area contributed by atoms with E-state index in [4.69, 9.17) is 0 Å². The quantitative estimate of drug-likeness (QED) is 0.842. The van der Waals surface area contributed by atoms with Gasteiger partial charge in [0.15, 0.2) is 0 Å². The normalized spacial score (nSPS) is 23.9. The maximum atomic E-state index is 3.86. The molecule has 1 aromatic carbocycles. The third kappa shape index (κ3) is 3.87. The molecule has 0 bridgehead atoms. The van der Waals surface area contributed by atoms with Gasteiger partial charge in [-0.25, -0.2) is 0 Å². The van der Waals surface area contributed by atoms with Gasteiger partial charge in [0.1, 0.15) is 0 Å². The van der Waals surface area contributed by atoms with Crippen LogP contribution in [0, 0.1) is 5.92 Å². The summed E-state index contributed by atoms with van der Waals surface area (Å²) in [6, 6.07) is 11.5. The zero-order valence-electron chi connectivity index (χ0n) is 14.2. The maximum absolute atomic E-state index is 3.86. The summed E-state index contributed by atoms with van der Waals surface area (Å²) in [5.41, 5.74) is 1.76. The number of hydrogen-bond acceptors (Lipinski definition) is 2. The molecule has 1 N–H and O–H groups in total. The van der Waals surface area contributed by atoms with Crippen molar-refractivity contribution in [3.8, 4) is 0 Å². The summed E-state index contributed by atoms with van der Waals surface area (Å²) in [5, 5.41) is 3.86. The first kappa shape index (κ1) is 16.5. The van der Waals surface area contributed by atoms with Crippen LogP contribution in [0.2, 0.25) is 0 Å². The molecule has 2 heteroatoms. The lowest BCUT2D eigenvalue weighted by Gasteiger charge is -2.48. The van der Waals surface area contributed by atoms with Crippen molar-refractivity contribution in [2.24, 2.45) is 5.92 Å². The van der Waals surface area contributed by atoms with E-state index in [1.54, 1.807) is 0 Å². The molecule has 1 heterocycles. The number of benzene rings is 1. The number of nitrogens with zero attached hydrogens (tertiary/aromatic N) is 1. The second-order valence-electron chi connectivity index (χ2n) is 6.74. The number of nitrogens with one attached hydrogen (secondary N) is 1. The number of rotatable bonds is 6. The summed E-state index contributed by atoms with van der Waals surface area (Å²) >= 11 is 0. The van der Waals surface area contributed by atoms with Crippen LogP contribution in [-0.2, 0) is 0 Å². The average molecular weight is 288 g/mol. The van der Waals surface area contributed by atoms with Gasteiger partial charge in [0.25, 0.3) is 0 Å². The van der Waals surface area contributed by atoms with Crippen LogP contribution in [-0.4, -0.2) is 30.1 Å². The van der Waals surface area contributed by atoms with Gasteiger partial charge in [0.05, 0.1) is 0 Å². The van der Waals surface area contributed by atoms with Crippen molar-refractivity contribution >= 4 is 0 Å². The summed E-state index contributed by atoms with van der Waals surface area (Å²) in [7, 11) is 0. The van der Waals surface area contributed by atoms with Gasteiger partial charge < -0.3 is 5.32 Å². The van der Waals surface area contributed by atoms with Crippen molar-refractivity contribution < 1.29 is 0 Å². The third-order valence-corrected chi connectivity index (χ3v) is 5.40. The molecule has 1 aliphatic rings. The van der Waals surface area contributed by atoms with Gasteiger partial charge in [0.2, 0.25) is 0 Å². The fourth-order valence-corrected chi connectivity index (χ4v) is 3.45. The van der Waals surface area contributed by atoms with Crippen molar-refractivity contribution in [3.63, 3.8) is 0 Å². The largest absolute Gasteiger partial charge is 0.308 e. The second-order valence-corrected chi connectivity index (χ2v) is 6.74. The fourth-order valence-electron chi connectivity index (χ4n) is 3.45. The molecule has 2 unspecified atom stereocenters. The van der Waals surface area contributed by atoms with E-state index in [1.165, 1.54) is 37.9 Å². The van der Waals surface area contributed by atoms with E-state index in [-0.39, 0.29) is 0 Å². The monoisotopic (exact) mass is 288 g/mol. The molecular formula is C19H32N2. The van der Waals surface area contributed by atoms with Gasteiger partial charge in [-0.2, -0.15) is 0 Å². The van der Waals surface area contributed by atoms with E-state index in [0.29, 0.717) is 11.6 Å². The number of piperazine rings is 1. The van der Waals surface area contributed by atoms with Crippen molar-refractivity contribution in [2.45, 2.75) is 58.5 Å².